The molecule has 4 rings (SSSR count). The van der Waals surface area contributed by atoms with Gasteiger partial charge in [0.1, 0.15) is 12.2 Å². The Hall–Kier alpha value is -1.76. The number of benzene rings is 2. The summed E-state index contributed by atoms with van der Waals surface area (Å²) in [5.74, 6) is 0. The molecule has 0 spiro atoms. The zero-order valence-corrected chi connectivity index (χ0v) is 15.3. The lowest BCUT2D eigenvalue weighted by Gasteiger charge is -2.46. The second kappa shape index (κ2) is 8.95. The van der Waals surface area contributed by atoms with Crippen molar-refractivity contribution in [3.8, 4) is 0 Å². The molecule has 2 aliphatic rings. The molecule has 1 N–H and O–H groups in total. The molecular formula is C22H26O5. The average Bonchev–Trinajstić information content (AvgIpc) is 2.73. The van der Waals surface area contributed by atoms with Crippen LogP contribution < -0.4 is 0 Å². The van der Waals surface area contributed by atoms with Crippen LogP contribution in [0.4, 0.5) is 0 Å². The number of rotatable bonds is 6. The van der Waals surface area contributed by atoms with E-state index in [4.69, 9.17) is 18.9 Å². The van der Waals surface area contributed by atoms with Crippen molar-refractivity contribution in [1.82, 2.24) is 0 Å². The van der Waals surface area contributed by atoms with Crippen molar-refractivity contribution in [2.45, 2.75) is 50.2 Å². The summed E-state index contributed by atoms with van der Waals surface area (Å²) in [6, 6.07) is 20.1. The fraction of sp³-hybridized carbons (Fsp3) is 0.455. The third-order valence-corrected chi connectivity index (χ3v) is 5.12. The monoisotopic (exact) mass is 370 g/mol. The highest BCUT2D eigenvalue weighted by Gasteiger charge is 2.44. The Kier molecular flexibility index (Phi) is 6.17. The highest BCUT2D eigenvalue weighted by molar-refractivity contribution is 5.17. The third-order valence-electron chi connectivity index (χ3n) is 5.12. The van der Waals surface area contributed by atoms with Crippen molar-refractivity contribution in [3.05, 3.63) is 71.8 Å². The van der Waals surface area contributed by atoms with Crippen LogP contribution in [-0.2, 0) is 25.6 Å². The first-order valence-electron chi connectivity index (χ1n) is 9.57. The Morgan fingerprint density at radius 1 is 0.963 bits per heavy atom. The fourth-order valence-electron chi connectivity index (χ4n) is 3.74. The van der Waals surface area contributed by atoms with E-state index in [-0.39, 0.29) is 31.0 Å². The molecule has 0 saturated carbocycles. The molecule has 0 aromatic heterocycles. The van der Waals surface area contributed by atoms with Crippen LogP contribution in [0.15, 0.2) is 60.7 Å². The first-order chi connectivity index (χ1) is 13.3. The second-order valence-electron chi connectivity index (χ2n) is 7.06. The van der Waals surface area contributed by atoms with Crippen LogP contribution in [0.25, 0.3) is 0 Å². The molecule has 27 heavy (non-hydrogen) atoms. The van der Waals surface area contributed by atoms with Gasteiger partial charge >= 0.3 is 0 Å². The van der Waals surface area contributed by atoms with Crippen LogP contribution >= 0.6 is 0 Å². The molecule has 2 aromatic carbocycles. The van der Waals surface area contributed by atoms with Gasteiger partial charge in [-0.1, -0.05) is 60.7 Å². The van der Waals surface area contributed by atoms with Crippen molar-refractivity contribution in [3.63, 3.8) is 0 Å². The Morgan fingerprint density at radius 2 is 1.70 bits per heavy atom. The average molecular weight is 370 g/mol. The SMILES string of the molecule is OCC[C@H]1C[C@@H](OCc2ccccc2)[C@@H]2OC(c3ccccc3)OC[C@H]2O1. The summed E-state index contributed by atoms with van der Waals surface area (Å²) in [7, 11) is 0. The minimum absolute atomic E-state index is 0.0440. The van der Waals surface area contributed by atoms with E-state index >= 15 is 0 Å². The molecule has 1 unspecified atom stereocenters. The van der Waals surface area contributed by atoms with E-state index in [0.717, 1.165) is 11.1 Å². The molecule has 2 aliphatic heterocycles. The molecule has 5 atom stereocenters. The maximum Gasteiger partial charge on any atom is 0.184 e. The Bertz CT molecular complexity index is 692. The molecule has 0 radical (unpaired) electrons. The van der Waals surface area contributed by atoms with Crippen molar-refractivity contribution < 1.29 is 24.1 Å². The van der Waals surface area contributed by atoms with E-state index in [1.165, 1.54) is 0 Å². The lowest BCUT2D eigenvalue weighted by Crippen LogP contribution is -2.55. The topological polar surface area (TPSA) is 57.2 Å². The van der Waals surface area contributed by atoms with Crippen molar-refractivity contribution in [2.24, 2.45) is 0 Å². The molecular weight excluding hydrogens is 344 g/mol. The van der Waals surface area contributed by atoms with Gasteiger partial charge in [-0.25, -0.2) is 0 Å². The van der Waals surface area contributed by atoms with E-state index in [1.807, 2.05) is 48.5 Å². The van der Waals surface area contributed by atoms with Crippen LogP contribution in [0.1, 0.15) is 30.3 Å². The Labute approximate surface area is 159 Å². The van der Waals surface area contributed by atoms with E-state index < -0.39 is 6.29 Å². The van der Waals surface area contributed by atoms with Crippen LogP contribution in [0.2, 0.25) is 0 Å². The van der Waals surface area contributed by atoms with Crippen LogP contribution in [-0.4, -0.2) is 42.7 Å². The van der Waals surface area contributed by atoms with Gasteiger partial charge in [-0.2, -0.15) is 0 Å². The summed E-state index contributed by atoms with van der Waals surface area (Å²) in [5.41, 5.74) is 2.13. The summed E-state index contributed by atoms with van der Waals surface area (Å²) in [5, 5.41) is 9.32. The minimum atomic E-state index is -0.409. The normalized spacial score (nSPS) is 30.6. The van der Waals surface area contributed by atoms with Gasteiger partial charge in [0.05, 0.1) is 25.4 Å². The maximum absolute atomic E-state index is 9.32. The van der Waals surface area contributed by atoms with Crippen molar-refractivity contribution in [1.29, 1.82) is 0 Å². The molecule has 144 valence electrons. The summed E-state index contributed by atoms with van der Waals surface area (Å²) in [6.07, 6.45) is 0.368. The quantitative estimate of drug-likeness (QED) is 0.846. The highest BCUT2D eigenvalue weighted by atomic mass is 16.7. The van der Waals surface area contributed by atoms with Gasteiger partial charge in [0.2, 0.25) is 0 Å². The summed E-state index contributed by atoms with van der Waals surface area (Å²) in [4.78, 5) is 0. The van der Waals surface area contributed by atoms with Gasteiger partial charge < -0.3 is 24.1 Å². The summed E-state index contributed by atoms with van der Waals surface area (Å²) >= 11 is 0. The van der Waals surface area contributed by atoms with Gasteiger partial charge in [-0.3, -0.25) is 0 Å². The largest absolute Gasteiger partial charge is 0.396 e. The van der Waals surface area contributed by atoms with Crippen LogP contribution in [0, 0.1) is 0 Å². The van der Waals surface area contributed by atoms with Gasteiger partial charge in [0.15, 0.2) is 6.29 Å². The molecule has 2 heterocycles. The molecule has 2 saturated heterocycles. The van der Waals surface area contributed by atoms with Crippen molar-refractivity contribution in [2.75, 3.05) is 13.2 Å². The van der Waals surface area contributed by atoms with E-state index in [1.54, 1.807) is 0 Å². The van der Waals surface area contributed by atoms with Gasteiger partial charge in [0, 0.05) is 18.6 Å². The first-order valence-corrected chi connectivity index (χ1v) is 9.57. The van der Waals surface area contributed by atoms with Gasteiger partial charge in [-0.05, 0) is 12.0 Å². The molecule has 0 aliphatic carbocycles. The number of hydrogen-bond donors (Lipinski definition) is 1. The predicted molar refractivity (Wildman–Crippen MR) is 100 cm³/mol. The predicted octanol–water partition coefficient (Wildman–Crippen LogP) is 3.23. The number of ether oxygens (including phenoxy) is 4. The summed E-state index contributed by atoms with van der Waals surface area (Å²) in [6.45, 7) is 1.08. The van der Waals surface area contributed by atoms with Crippen molar-refractivity contribution >= 4 is 0 Å². The lowest BCUT2D eigenvalue weighted by molar-refractivity contribution is -0.316. The molecule has 5 nitrogen and oxygen atoms in total. The van der Waals surface area contributed by atoms with E-state index in [0.29, 0.717) is 26.1 Å². The molecule has 0 bridgehead atoms. The molecule has 2 fully saturated rings. The molecule has 5 heteroatoms. The minimum Gasteiger partial charge on any atom is -0.396 e. The fourth-order valence-corrected chi connectivity index (χ4v) is 3.74. The standard InChI is InChI=1S/C22H26O5/c23-12-11-18-13-19(24-14-16-7-3-1-4-8-16)21-20(26-18)15-25-22(27-21)17-9-5-2-6-10-17/h1-10,18-23H,11-15H2/t18-,19+,20+,21-,22?/m0/s1. The van der Waals surface area contributed by atoms with Gasteiger partial charge in [0.25, 0.3) is 0 Å². The van der Waals surface area contributed by atoms with Crippen LogP contribution in [0.5, 0.6) is 0 Å². The number of fused-ring (bicyclic) bond motifs is 1. The van der Waals surface area contributed by atoms with Gasteiger partial charge in [-0.15, -0.1) is 0 Å². The smallest absolute Gasteiger partial charge is 0.184 e. The zero-order valence-electron chi connectivity index (χ0n) is 15.3. The number of aliphatic hydroxyl groups is 1. The van der Waals surface area contributed by atoms with E-state index in [2.05, 4.69) is 12.1 Å². The summed E-state index contributed by atoms with van der Waals surface area (Å²) < 4.78 is 24.5. The highest BCUT2D eigenvalue weighted by Crippen LogP contribution is 2.35. The Balaban J connectivity index is 1.47. The number of hydrogen-bond acceptors (Lipinski definition) is 5. The third kappa shape index (κ3) is 4.57. The Morgan fingerprint density at radius 3 is 2.44 bits per heavy atom. The lowest BCUT2D eigenvalue weighted by atomic mass is 9.95. The maximum atomic E-state index is 9.32. The second-order valence-corrected chi connectivity index (χ2v) is 7.06. The first kappa shape index (κ1) is 18.6. The number of aliphatic hydroxyl groups excluding tert-OH is 1. The van der Waals surface area contributed by atoms with Crippen LogP contribution in [0.3, 0.4) is 0 Å². The molecule has 2 aromatic rings. The molecule has 0 amide bonds. The zero-order chi connectivity index (χ0) is 18.5. The van der Waals surface area contributed by atoms with E-state index in [9.17, 15) is 5.11 Å².